The van der Waals surface area contributed by atoms with Crippen LogP contribution in [0, 0.1) is 10.1 Å². The molecule has 1 aromatic rings. The Morgan fingerprint density at radius 1 is 1.33 bits per heavy atom. The summed E-state index contributed by atoms with van der Waals surface area (Å²) in [4.78, 5) is 9.31. The van der Waals surface area contributed by atoms with Crippen molar-refractivity contribution in [1.29, 1.82) is 0 Å². The van der Waals surface area contributed by atoms with Crippen molar-refractivity contribution in [3.8, 4) is 5.75 Å². The molecule has 0 fully saturated rings. The van der Waals surface area contributed by atoms with Gasteiger partial charge < -0.3 is 4.74 Å². The van der Waals surface area contributed by atoms with Gasteiger partial charge in [0.1, 0.15) is 17.9 Å². The third-order valence-electron chi connectivity index (χ3n) is 1.84. The van der Waals surface area contributed by atoms with Crippen LogP contribution in [0.1, 0.15) is 5.56 Å². The molecule has 1 rings (SSSR count). The zero-order valence-electron chi connectivity index (χ0n) is 8.58. The van der Waals surface area contributed by atoms with Gasteiger partial charge in [0.05, 0.1) is 4.92 Å². The van der Waals surface area contributed by atoms with Crippen molar-refractivity contribution in [2.75, 3.05) is 6.61 Å². The lowest BCUT2D eigenvalue weighted by molar-refractivity contribution is -0.385. The summed E-state index contributed by atoms with van der Waals surface area (Å²) in [6.07, 6.45) is -7.87. The first-order valence-electron chi connectivity index (χ1n) is 4.48. The van der Waals surface area contributed by atoms with Crippen LogP contribution in [-0.4, -0.2) is 18.0 Å². The second-order valence-corrected chi connectivity index (χ2v) is 3.14. The quantitative estimate of drug-likeness (QED) is 0.480. The highest BCUT2D eigenvalue weighted by atomic mass is 19.4. The Hall–Kier alpha value is -1.93. The summed E-state index contributed by atoms with van der Waals surface area (Å²) >= 11 is 0. The highest BCUT2D eigenvalue weighted by molar-refractivity contribution is 5.45. The lowest BCUT2D eigenvalue weighted by Crippen LogP contribution is -2.13. The molecule has 0 saturated heterocycles. The van der Waals surface area contributed by atoms with Crippen LogP contribution in [0.3, 0.4) is 0 Å². The van der Waals surface area contributed by atoms with Crippen LogP contribution in [-0.2, 0) is 6.18 Å². The first-order chi connectivity index (χ1) is 8.21. The molecule has 0 aromatic heterocycles. The lowest BCUT2D eigenvalue weighted by Gasteiger charge is -2.13. The summed E-state index contributed by atoms with van der Waals surface area (Å²) in [5.74, 6) is -0.867. The van der Waals surface area contributed by atoms with Crippen molar-refractivity contribution in [1.82, 2.24) is 0 Å². The highest BCUT2D eigenvalue weighted by Gasteiger charge is 2.36. The molecule has 0 spiro atoms. The Labute approximate surface area is 97.1 Å². The van der Waals surface area contributed by atoms with Gasteiger partial charge >= 0.3 is 6.18 Å². The van der Waals surface area contributed by atoms with Crippen molar-refractivity contribution in [3.63, 3.8) is 0 Å². The van der Waals surface area contributed by atoms with E-state index in [0.29, 0.717) is 6.07 Å². The topological polar surface area (TPSA) is 52.4 Å². The summed E-state index contributed by atoms with van der Waals surface area (Å²) in [6.45, 7) is -1.22. The second-order valence-electron chi connectivity index (χ2n) is 3.14. The molecule has 0 bridgehead atoms. The van der Waals surface area contributed by atoms with Gasteiger partial charge in [-0.3, -0.25) is 10.1 Å². The van der Waals surface area contributed by atoms with Crippen LogP contribution in [0.4, 0.5) is 27.6 Å². The largest absolute Gasteiger partial charge is 0.487 e. The number of alkyl halides is 5. The molecule has 0 aliphatic rings. The molecule has 9 heteroatoms. The van der Waals surface area contributed by atoms with E-state index in [2.05, 4.69) is 4.74 Å². The first kappa shape index (κ1) is 14.1. The second kappa shape index (κ2) is 5.15. The van der Waals surface area contributed by atoms with Gasteiger partial charge in [-0.25, -0.2) is 8.78 Å². The van der Waals surface area contributed by atoms with Crippen molar-refractivity contribution in [2.24, 2.45) is 0 Å². The molecule has 1 aromatic carbocycles. The molecule has 0 unspecified atom stereocenters. The van der Waals surface area contributed by atoms with Crippen LogP contribution in [0.2, 0.25) is 0 Å². The Morgan fingerprint density at radius 2 is 1.94 bits per heavy atom. The number of halogens is 5. The Bertz CT molecular complexity index is 446. The molecule has 4 nitrogen and oxygen atoms in total. The molecule has 0 N–H and O–H groups in total. The van der Waals surface area contributed by atoms with E-state index < -0.39 is 41.1 Å². The Balaban J connectivity index is 3.13. The number of nitrogens with zero attached hydrogens (tertiary/aromatic N) is 1. The molecule has 0 aliphatic heterocycles. The van der Waals surface area contributed by atoms with Crippen molar-refractivity contribution < 1.29 is 31.6 Å². The van der Waals surface area contributed by atoms with Crippen LogP contribution >= 0.6 is 0 Å². The molecular formula is C9H6F5NO3. The van der Waals surface area contributed by atoms with Crippen molar-refractivity contribution >= 4 is 5.69 Å². The number of benzene rings is 1. The molecule has 0 saturated carbocycles. The van der Waals surface area contributed by atoms with E-state index in [1.165, 1.54) is 0 Å². The Morgan fingerprint density at radius 3 is 2.39 bits per heavy atom. The maximum Gasteiger partial charge on any atom is 0.420 e. The van der Waals surface area contributed by atoms with E-state index in [1.807, 2.05) is 0 Å². The molecule has 100 valence electrons. The average molecular weight is 271 g/mol. The minimum atomic E-state index is -4.93. The molecular weight excluding hydrogens is 265 g/mol. The van der Waals surface area contributed by atoms with Gasteiger partial charge in [-0.15, -0.1) is 0 Å². The van der Waals surface area contributed by atoms with E-state index in [4.69, 9.17) is 0 Å². The Kier molecular flexibility index (Phi) is 4.04. The summed E-state index contributed by atoms with van der Waals surface area (Å²) in [5.41, 5.74) is -2.26. The predicted molar refractivity (Wildman–Crippen MR) is 49.6 cm³/mol. The van der Waals surface area contributed by atoms with Gasteiger partial charge in [0.2, 0.25) is 0 Å². The van der Waals surface area contributed by atoms with Crippen LogP contribution < -0.4 is 4.74 Å². The van der Waals surface area contributed by atoms with Gasteiger partial charge in [0, 0.05) is 12.1 Å². The molecule has 0 heterocycles. The zero-order chi connectivity index (χ0) is 13.9. The minimum Gasteiger partial charge on any atom is -0.487 e. The highest BCUT2D eigenvalue weighted by Crippen LogP contribution is 2.38. The van der Waals surface area contributed by atoms with Crippen molar-refractivity contribution in [2.45, 2.75) is 12.6 Å². The number of hydrogen-bond donors (Lipinski definition) is 0. The number of ether oxygens (including phenoxy) is 1. The number of hydrogen-bond acceptors (Lipinski definition) is 3. The fourth-order valence-corrected chi connectivity index (χ4v) is 1.13. The average Bonchev–Trinajstić information content (AvgIpc) is 2.24. The number of non-ortho nitro benzene ring substituents is 1. The summed E-state index contributed by atoms with van der Waals surface area (Å²) in [7, 11) is 0. The van der Waals surface area contributed by atoms with E-state index >= 15 is 0 Å². The lowest BCUT2D eigenvalue weighted by atomic mass is 10.1. The zero-order valence-corrected chi connectivity index (χ0v) is 8.58. The van der Waals surface area contributed by atoms with Gasteiger partial charge in [-0.05, 0) is 6.07 Å². The van der Waals surface area contributed by atoms with Crippen LogP contribution in [0.15, 0.2) is 18.2 Å². The van der Waals surface area contributed by atoms with Crippen LogP contribution in [0.25, 0.3) is 0 Å². The maximum absolute atomic E-state index is 12.5. The van der Waals surface area contributed by atoms with Crippen LogP contribution in [0.5, 0.6) is 5.75 Å². The fraction of sp³-hybridized carbons (Fsp3) is 0.333. The van der Waals surface area contributed by atoms with Crippen molar-refractivity contribution in [3.05, 3.63) is 33.9 Å². The minimum absolute atomic E-state index is 0.237. The maximum atomic E-state index is 12.5. The van der Waals surface area contributed by atoms with Gasteiger partial charge in [0.15, 0.2) is 0 Å². The first-order valence-corrected chi connectivity index (χ1v) is 4.48. The monoisotopic (exact) mass is 271 g/mol. The summed E-state index contributed by atoms with van der Waals surface area (Å²) < 4.78 is 65.5. The van der Waals surface area contributed by atoms with Gasteiger partial charge in [0.25, 0.3) is 12.1 Å². The fourth-order valence-electron chi connectivity index (χ4n) is 1.13. The number of rotatable bonds is 4. The molecule has 0 aliphatic carbocycles. The molecule has 0 amide bonds. The molecule has 0 radical (unpaired) electrons. The van der Waals surface area contributed by atoms with E-state index in [1.54, 1.807) is 0 Å². The van der Waals surface area contributed by atoms with E-state index in [0.717, 1.165) is 6.07 Å². The standard InChI is InChI=1S/C9H6F5NO3/c10-8(11)4-18-7-2-1-5(15(16)17)3-6(7)9(12,13)14/h1-3,8H,4H2. The molecule has 18 heavy (non-hydrogen) atoms. The molecule has 0 atom stereocenters. The van der Waals surface area contributed by atoms with Gasteiger partial charge in [-0.1, -0.05) is 0 Å². The van der Waals surface area contributed by atoms with Gasteiger partial charge in [-0.2, -0.15) is 13.2 Å². The third-order valence-corrected chi connectivity index (χ3v) is 1.84. The number of nitro groups is 1. The third kappa shape index (κ3) is 3.54. The van der Waals surface area contributed by atoms with E-state index in [-0.39, 0.29) is 6.07 Å². The van der Waals surface area contributed by atoms with E-state index in [9.17, 15) is 32.1 Å². The smallest absolute Gasteiger partial charge is 0.420 e. The predicted octanol–water partition coefficient (Wildman–Crippen LogP) is 3.26. The summed E-state index contributed by atoms with van der Waals surface area (Å²) in [5, 5.41) is 10.3. The summed E-state index contributed by atoms with van der Waals surface area (Å²) in [6, 6.07) is 1.63. The SMILES string of the molecule is O=[N+]([O-])c1ccc(OCC(F)F)c(C(F)(F)F)c1. The normalized spacial score (nSPS) is 11.7. The number of nitro benzene ring substituents is 1.